The molecule has 1 saturated heterocycles. The van der Waals surface area contributed by atoms with Gasteiger partial charge in [-0.05, 0) is 31.7 Å². The number of urea groups is 1. The zero-order valence-electron chi connectivity index (χ0n) is 17.1. The van der Waals surface area contributed by atoms with E-state index in [9.17, 15) is 9.90 Å². The summed E-state index contributed by atoms with van der Waals surface area (Å²) in [5.74, 6) is 0.683. The topological polar surface area (TPSA) is 73.6 Å². The molecular weight excluding hydrogens is 342 g/mol. The molecular formula is C20H35N5O2. The Morgan fingerprint density at radius 3 is 2.89 bits per heavy atom. The second-order valence-corrected chi connectivity index (χ2v) is 8.38. The molecule has 2 aliphatic heterocycles. The number of aryl methyl sites for hydroxylation is 1. The molecule has 2 amide bonds. The predicted molar refractivity (Wildman–Crippen MR) is 105 cm³/mol. The van der Waals surface area contributed by atoms with E-state index in [4.69, 9.17) is 0 Å². The average Bonchev–Trinajstić information content (AvgIpc) is 2.98. The fourth-order valence-corrected chi connectivity index (χ4v) is 4.52. The van der Waals surface area contributed by atoms with Crippen LogP contribution in [0.2, 0.25) is 0 Å². The van der Waals surface area contributed by atoms with Crippen molar-refractivity contribution in [2.75, 3.05) is 26.2 Å². The summed E-state index contributed by atoms with van der Waals surface area (Å²) >= 11 is 0. The third-order valence-corrected chi connectivity index (χ3v) is 5.87. The Hall–Kier alpha value is -1.60. The minimum Gasteiger partial charge on any atom is -0.390 e. The average molecular weight is 378 g/mol. The Bertz CT molecular complexity index is 643. The van der Waals surface area contributed by atoms with Crippen molar-refractivity contribution in [3.63, 3.8) is 0 Å². The highest BCUT2D eigenvalue weighted by atomic mass is 16.3. The van der Waals surface area contributed by atoms with Gasteiger partial charge in [-0.15, -0.1) is 0 Å². The molecule has 152 valence electrons. The van der Waals surface area contributed by atoms with Crippen LogP contribution < -0.4 is 5.32 Å². The van der Waals surface area contributed by atoms with Crippen molar-refractivity contribution < 1.29 is 9.90 Å². The van der Waals surface area contributed by atoms with Gasteiger partial charge in [0.05, 0.1) is 18.8 Å². The van der Waals surface area contributed by atoms with Gasteiger partial charge >= 0.3 is 6.03 Å². The van der Waals surface area contributed by atoms with Crippen LogP contribution in [0.25, 0.3) is 0 Å². The summed E-state index contributed by atoms with van der Waals surface area (Å²) in [6, 6.07) is 0.591. The number of fused-ring (bicyclic) bond motifs is 1. The molecule has 0 aliphatic carbocycles. The molecule has 0 bridgehead atoms. The van der Waals surface area contributed by atoms with Gasteiger partial charge in [0, 0.05) is 50.4 Å². The smallest absolute Gasteiger partial charge is 0.317 e. The molecule has 0 spiro atoms. The van der Waals surface area contributed by atoms with Gasteiger partial charge in [-0.2, -0.15) is 5.10 Å². The van der Waals surface area contributed by atoms with E-state index < -0.39 is 0 Å². The normalized spacial score (nSPS) is 20.8. The minimum absolute atomic E-state index is 0.000359. The number of aromatic nitrogens is 2. The second kappa shape index (κ2) is 9.06. The summed E-state index contributed by atoms with van der Waals surface area (Å²) in [6.45, 7) is 8.77. The van der Waals surface area contributed by atoms with Crippen LogP contribution in [0.15, 0.2) is 0 Å². The number of aliphatic hydroxyl groups excluding tert-OH is 1. The van der Waals surface area contributed by atoms with E-state index in [1.54, 1.807) is 0 Å². The highest BCUT2D eigenvalue weighted by Crippen LogP contribution is 2.23. The molecule has 0 unspecified atom stereocenters. The number of likely N-dealkylation sites (tertiary alicyclic amines) is 1. The summed E-state index contributed by atoms with van der Waals surface area (Å²) in [7, 11) is 1.90. The third kappa shape index (κ3) is 4.82. The molecule has 1 fully saturated rings. The zero-order chi connectivity index (χ0) is 19.4. The lowest BCUT2D eigenvalue weighted by molar-refractivity contribution is 0.124. The van der Waals surface area contributed by atoms with Crippen LogP contribution in [-0.4, -0.2) is 62.9 Å². The maximum absolute atomic E-state index is 12.6. The summed E-state index contributed by atoms with van der Waals surface area (Å²) in [4.78, 5) is 17.1. The monoisotopic (exact) mass is 377 g/mol. The van der Waals surface area contributed by atoms with Crippen LogP contribution in [0.4, 0.5) is 4.79 Å². The first-order chi connectivity index (χ1) is 13.0. The zero-order valence-corrected chi connectivity index (χ0v) is 17.1. The van der Waals surface area contributed by atoms with Crippen molar-refractivity contribution >= 4 is 6.03 Å². The van der Waals surface area contributed by atoms with Crippen LogP contribution in [0, 0.1) is 5.92 Å². The fourth-order valence-electron chi connectivity index (χ4n) is 4.52. The molecule has 27 heavy (non-hydrogen) atoms. The highest BCUT2D eigenvalue weighted by molar-refractivity contribution is 5.74. The van der Waals surface area contributed by atoms with Crippen LogP contribution in [0.5, 0.6) is 0 Å². The minimum atomic E-state index is -0.0774. The van der Waals surface area contributed by atoms with E-state index in [0.29, 0.717) is 30.7 Å². The van der Waals surface area contributed by atoms with Gasteiger partial charge in [0.2, 0.25) is 0 Å². The summed E-state index contributed by atoms with van der Waals surface area (Å²) in [6.07, 6.45) is 5.64. The van der Waals surface area contributed by atoms with E-state index in [1.807, 2.05) is 16.6 Å². The summed E-state index contributed by atoms with van der Waals surface area (Å²) < 4.78 is 1.84. The third-order valence-electron chi connectivity index (χ3n) is 5.87. The first-order valence-electron chi connectivity index (χ1n) is 10.4. The maximum atomic E-state index is 12.6. The van der Waals surface area contributed by atoms with Crippen LogP contribution >= 0.6 is 0 Å². The number of carbonyl (C=O) groups excluding carboxylic acids is 1. The van der Waals surface area contributed by atoms with Gasteiger partial charge in [-0.25, -0.2) is 4.79 Å². The molecule has 7 nitrogen and oxygen atoms in total. The number of nitrogens with zero attached hydrogens (tertiary/aromatic N) is 4. The van der Waals surface area contributed by atoms with Gasteiger partial charge in [-0.3, -0.25) is 4.68 Å². The van der Waals surface area contributed by atoms with E-state index in [0.717, 1.165) is 37.2 Å². The number of nitrogens with one attached hydrogen (secondary N) is 1. The lowest BCUT2D eigenvalue weighted by Gasteiger charge is -2.37. The van der Waals surface area contributed by atoms with E-state index in [1.165, 1.54) is 25.8 Å². The Kier molecular flexibility index (Phi) is 6.76. The Balaban J connectivity index is 1.49. The van der Waals surface area contributed by atoms with E-state index >= 15 is 0 Å². The highest BCUT2D eigenvalue weighted by Gasteiger charge is 2.27. The van der Waals surface area contributed by atoms with Gasteiger partial charge < -0.3 is 20.2 Å². The number of piperidine rings is 1. The Labute approximate surface area is 162 Å². The van der Waals surface area contributed by atoms with Gasteiger partial charge in [0.15, 0.2) is 0 Å². The first kappa shape index (κ1) is 20.1. The van der Waals surface area contributed by atoms with Gasteiger partial charge in [0.1, 0.15) is 0 Å². The predicted octanol–water partition coefficient (Wildman–Crippen LogP) is 1.88. The molecule has 7 heteroatoms. The SMILES string of the molecule is CC(C)CN1CCCC[C@H]1CCNC(=O)N1CCc2c(c(CO)nn2C)C1. The van der Waals surface area contributed by atoms with Crippen LogP contribution in [0.3, 0.4) is 0 Å². The first-order valence-corrected chi connectivity index (χ1v) is 10.4. The van der Waals surface area contributed by atoms with Crippen molar-refractivity contribution in [3.05, 3.63) is 17.0 Å². The van der Waals surface area contributed by atoms with Gasteiger partial charge in [-0.1, -0.05) is 20.3 Å². The van der Waals surface area contributed by atoms with Crippen LogP contribution in [-0.2, 0) is 26.6 Å². The summed E-state index contributed by atoms with van der Waals surface area (Å²) in [5.41, 5.74) is 2.84. The van der Waals surface area contributed by atoms with Crippen molar-refractivity contribution in [2.24, 2.45) is 13.0 Å². The lowest BCUT2D eigenvalue weighted by Crippen LogP contribution is -2.46. The Morgan fingerprint density at radius 2 is 2.15 bits per heavy atom. The van der Waals surface area contributed by atoms with E-state index in [-0.39, 0.29) is 12.6 Å². The molecule has 1 aromatic rings. The molecule has 3 heterocycles. The number of hydrogen-bond donors (Lipinski definition) is 2. The molecule has 2 N–H and O–H groups in total. The molecule has 0 saturated carbocycles. The maximum Gasteiger partial charge on any atom is 0.317 e. The van der Waals surface area contributed by atoms with E-state index in [2.05, 4.69) is 29.2 Å². The number of amides is 2. The van der Waals surface area contributed by atoms with Crippen molar-refractivity contribution in [2.45, 2.75) is 65.1 Å². The van der Waals surface area contributed by atoms with Gasteiger partial charge in [0.25, 0.3) is 0 Å². The largest absolute Gasteiger partial charge is 0.390 e. The number of hydrogen-bond acceptors (Lipinski definition) is 4. The van der Waals surface area contributed by atoms with Crippen molar-refractivity contribution in [3.8, 4) is 0 Å². The molecule has 0 aromatic carbocycles. The quantitative estimate of drug-likeness (QED) is 0.794. The molecule has 3 rings (SSSR count). The lowest BCUT2D eigenvalue weighted by atomic mass is 9.98. The van der Waals surface area contributed by atoms with Crippen LogP contribution in [0.1, 0.15) is 56.5 Å². The Morgan fingerprint density at radius 1 is 1.33 bits per heavy atom. The fraction of sp³-hybridized carbons (Fsp3) is 0.800. The molecule has 1 atom stereocenters. The number of aliphatic hydroxyl groups is 1. The second-order valence-electron chi connectivity index (χ2n) is 8.38. The molecule has 1 aromatic heterocycles. The molecule has 0 radical (unpaired) electrons. The van der Waals surface area contributed by atoms with Crippen molar-refractivity contribution in [1.29, 1.82) is 0 Å². The standard InChI is InChI=1S/C20H35N5O2/c1-15(2)12-24-10-5-4-6-16(24)7-9-21-20(27)25-11-8-19-17(13-25)18(14-26)22-23(19)3/h15-16,26H,4-14H2,1-3H3,(H,21,27)/t16-/m0/s1. The number of carbonyl (C=O) groups is 1. The molecule has 2 aliphatic rings. The van der Waals surface area contributed by atoms with Crippen molar-refractivity contribution in [1.82, 2.24) is 24.9 Å². The number of rotatable bonds is 6. The summed E-state index contributed by atoms with van der Waals surface area (Å²) in [5, 5.41) is 17.0.